The summed E-state index contributed by atoms with van der Waals surface area (Å²) in [5, 5.41) is 19.5. The van der Waals surface area contributed by atoms with Crippen LogP contribution in [0.5, 0.6) is 5.75 Å². The number of amides is 2. The van der Waals surface area contributed by atoms with Crippen molar-refractivity contribution in [2.24, 2.45) is 12.8 Å². The van der Waals surface area contributed by atoms with Crippen LogP contribution < -0.4 is 16.4 Å². The second kappa shape index (κ2) is 8.40. The molecule has 2 amide bonds. The van der Waals surface area contributed by atoms with E-state index in [4.69, 9.17) is 10.2 Å². The number of nitrogens with one attached hydrogen (secondary N) is 2. The molecule has 28 heavy (non-hydrogen) atoms. The van der Waals surface area contributed by atoms with E-state index in [0.717, 1.165) is 0 Å². The number of carbonyl (C=O) groups excluding carboxylic acids is 2. The summed E-state index contributed by atoms with van der Waals surface area (Å²) in [6.07, 6.45) is 2.17. The van der Waals surface area contributed by atoms with Crippen molar-refractivity contribution >= 4 is 17.5 Å². The van der Waals surface area contributed by atoms with Gasteiger partial charge in [0, 0.05) is 25.3 Å². The van der Waals surface area contributed by atoms with Gasteiger partial charge in [-0.1, -0.05) is 0 Å². The average Bonchev–Trinajstić information content (AvgIpc) is 3.32. The Hall–Kier alpha value is -3.59. The number of hydrogen-bond acceptors (Lipinski definition) is 6. The standard InChI is InChI=1S/C19H21N5O4/c1-24-15(17-4-2-9-28-17)11-14(23-24)19(27)22-12-5-6-16(25)13(10-12)18(26)21-8-3-7-20/h2,4-6,9-11,25H,3,7-8,20H2,1H3,(H,21,26)(H,22,27). The molecule has 0 fully saturated rings. The fourth-order valence-electron chi connectivity index (χ4n) is 2.62. The molecule has 0 spiro atoms. The van der Waals surface area contributed by atoms with E-state index in [-0.39, 0.29) is 17.0 Å². The molecule has 9 heteroatoms. The Labute approximate surface area is 161 Å². The van der Waals surface area contributed by atoms with Gasteiger partial charge in [0.15, 0.2) is 11.5 Å². The summed E-state index contributed by atoms with van der Waals surface area (Å²) in [4.78, 5) is 24.7. The number of rotatable bonds is 7. The van der Waals surface area contributed by atoms with Crippen molar-refractivity contribution < 1.29 is 19.1 Å². The van der Waals surface area contributed by atoms with Crippen molar-refractivity contribution in [3.05, 3.63) is 53.9 Å². The zero-order chi connectivity index (χ0) is 20.1. The van der Waals surface area contributed by atoms with Gasteiger partial charge in [-0.15, -0.1) is 0 Å². The third kappa shape index (κ3) is 4.21. The van der Waals surface area contributed by atoms with E-state index in [2.05, 4.69) is 15.7 Å². The summed E-state index contributed by atoms with van der Waals surface area (Å²) in [5.74, 6) is -0.482. The van der Waals surface area contributed by atoms with Crippen LogP contribution in [0, 0.1) is 0 Å². The van der Waals surface area contributed by atoms with Gasteiger partial charge < -0.3 is 25.9 Å². The number of aromatic hydroxyl groups is 1. The van der Waals surface area contributed by atoms with Crippen molar-refractivity contribution in [1.82, 2.24) is 15.1 Å². The molecule has 2 heterocycles. The number of furan rings is 1. The van der Waals surface area contributed by atoms with E-state index in [9.17, 15) is 14.7 Å². The van der Waals surface area contributed by atoms with Gasteiger partial charge in [0.25, 0.3) is 11.8 Å². The molecule has 0 saturated carbocycles. The van der Waals surface area contributed by atoms with Crippen molar-refractivity contribution in [2.45, 2.75) is 6.42 Å². The molecule has 5 N–H and O–H groups in total. The van der Waals surface area contributed by atoms with Gasteiger partial charge in [0.2, 0.25) is 0 Å². The molecule has 2 aromatic heterocycles. The van der Waals surface area contributed by atoms with Gasteiger partial charge >= 0.3 is 0 Å². The Kier molecular flexibility index (Phi) is 5.75. The van der Waals surface area contributed by atoms with Gasteiger partial charge in [0.05, 0.1) is 11.8 Å². The lowest BCUT2D eigenvalue weighted by atomic mass is 10.1. The van der Waals surface area contributed by atoms with Crippen molar-refractivity contribution in [2.75, 3.05) is 18.4 Å². The number of nitrogens with zero attached hydrogens (tertiary/aromatic N) is 2. The Morgan fingerprint density at radius 3 is 2.79 bits per heavy atom. The highest BCUT2D eigenvalue weighted by Crippen LogP contribution is 2.23. The first-order valence-corrected chi connectivity index (χ1v) is 8.70. The van der Waals surface area contributed by atoms with Crippen LogP contribution in [-0.4, -0.2) is 39.8 Å². The molecule has 3 aromatic rings. The molecule has 1 aromatic carbocycles. The number of carbonyl (C=O) groups is 2. The lowest BCUT2D eigenvalue weighted by molar-refractivity contribution is 0.0949. The fraction of sp³-hybridized carbons (Fsp3) is 0.211. The predicted octanol–water partition coefficient (Wildman–Crippen LogP) is 1.72. The molecule has 0 unspecified atom stereocenters. The highest BCUT2D eigenvalue weighted by atomic mass is 16.3. The maximum absolute atomic E-state index is 12.5. The molecule has 0 bridgehead atoms. The summed E-state index contributed by atoms with van der Waals surface area (Å²) in [7, 11) is 1.71. The fourth-order valence-corrected chi connectivity index (χ4v) is 2.62. The summed E-state index contributed by atoms with van der Waals surface area (Å²) < 4.78 is 6.88. The minimum Gasteiger partial charge on any atom is -0.507 e. The Morgan fingerprint density at radius 2 is 2.07 bits per heavy atom. The number of hydrogen-bond donors (Lipinski definition) is 4. The molecular formula is C19H21N5O4. The molecule has 9 nitrogen and oxygen atoms in total. The molecule has 146 valence electrons. The number of aryl methyl sites for hydroxylation is 1. The molecule has 0 saturated heterocycles. The van der Waals surface area contributed by atoms with Crippen LogP contribution in [-0.2, 0) is 7.05 Å². The molecule has 0 atom stereocenters. The number of benzene rings is 1. The lowest BCUT2D eigenvalue weighted by Gasteiger charge is -2.09. The first-order valence-electron chi connectivity index (χ1n) is 8.70. The highest BCUT2D eigenvalue weighted by molar-refractivity contribution is 6.05. The second-order valence-electron chi connectivity index (χ2n) is 6.10. The summed E-state index contributed by atoms with van der Waals surface area (Å²) in [6, 6.07) is 9.38. The average molecular weight is 383 g/mol. The number of phenolic OH excluding ortho intramolecular Hbond substituents is 1. The van der Waals surface area contributed by atoms with Gasteiger partial charge in [-0.3, -0.25) is 14.3 Å². The van der Waals surface area contributed by atoms with E-state index in [0.29, 0.717) is 36.7 Å². The Bertz CT molecular complexity index is 978. The van der Waals surface area contributed by atoms with E-state index in [1.54, 1.807) is 36.2 Å². The van der Waals surface area contributed by atoms with Gasteiger partial charge in [-0.25, -0.2) is 0 Å². The predicted molar refractivity (Wildman–Crippen MR) is 103 cm³/mol. The third-order valence-corrected chi connectivity index (χ3v) is 4.05. The quantitative estimate of drug-likeness (QED) is 0.362. The monoisotopic (exact) mass is 383 g/mol. The number of anilines is 1. The van der Waals surface area contributed by atoms with E-state index in [1.807, 2.05) is 0 Å². The first kappa shape index (κ1) is 19.2. The van der Waals surface area contributed by atoms with Gasteiger partial charge in [-0.2, -0.15) is 5.10 Å². The van der Waals surface area contributed by atoms with Gasteiger partial charge in [0.1, 0.15) is 11.4 Å². The molecule has 3 rings (SSSR count). The zero-order valence-corrected chi connectivity index (χ0v) is 15.3. The topological polar surface area (TPSA) is 135 Å². The molecule has 0 radical (unpaired) electrons. The van der Waals surface area contributed by atoms with E-state index in [1.165, 1.54) is 18.2 Å². The SMILES string of the molecule is Cn1nc(C(=O)Nc2ccc(O)c(C(=O)NCCCN)c2)cc1-c1ccco1. The van der Waals surface area contributed by atoms with Crippen LogP contribution in [0.4, 0.5) is 5.69 Å². The minimum absolute atomic E-state index is 0.0621. The normalized spacial score (nSPS) is 10.6. The Balaban J connectivity index is 1.75. The van der Waals surface area contributed by atoms with Crippen molar-refractivity contribution in [3.8, 4) is 17.2 Å². The van der Waals surface area contributed by atoms with Crippen LogP contribution in [0.2, 0.25) is 0 Å². The number of phenols is 1. The maximum atomic E-state index is 12.5. The summed E-state index contributed by atoms with van der Waals surface area (Å²) >= 11 is 0. The van der Waals surface area contributed by atoms with Crippen LogP contribution in [0.25, 0.3) is 11.5 Å². The number of aromatic nitrogens is 2. The molecule has 0 aliphatic carbocycles. The van der Waals surface area contributed by atoms with Crippen LogP contribution >= 0.6 is 0 Å². The summed E-state index contributed by atoms with van der Waals surface area (Å²) in [6.45, 7) is 0.848. The van der Waals surface area contributed by atoms with Crippen LogP contribution in [0.3, 0.4) is 0 Å². The molecular weight excluding hydrogens is 362 g/mol. The first-order chi connectivity index (χ1) is 13.5. The van der Waals surface area contributed by atoms with Gasteiger partial charge in [-0.05, 0) is 43.3 Å². The molecule has 0 aliphatic rings. The lowest BCUT2D eigenvalue weighted by Crippen LogP contribution is -2.26. The van der Waals surface area contributed by atoms with Crippen molar-refractivity contribution in [3.63, 3.8) is 0 Å². The second-order valence-corrected chi connectivity index (χ2v) is 6.10. The third-order valence-electron chi connectivity index (χ3n) is 4.05. The van der Waals surface area contributed by atoms with E-state index >= 15 is 0 Å². The smallest absolute Gasteiger partial charge is 0.276 e. The maximum Gasteiger partial charge on any atom is 0.276 e. The molecule has 0 aliphatic heterocycles. The van der Waals surface area contributed by atoms with Crippen LogP contribution in [0.1, 0.15) is 27.3 Å². The van der Waals surface area contributed by atoms with E-state index < -0.39 is 11.8 Å². The Morgan fingerprint density at radius 1 is 1.25 bits per heavy atom. The minimum atomic E-state index is -0.450. The highest BCUT2D eigenvalue weighted by Gasteiger charge is 2.17. The zero-order valence-electron chi connectivity index (χ0n) is 15.3. The van der Waals surface area contributed by atoms with Crippen molar-refractivity contribution in [1.29, 1.82) is 0 Å². The summed E-state index contributed by atoms with van der Waals surface area (Å²) in [5.41, 5.74) is 6.66. The number of nitrogens with two attached hydrogens (primary N) is 1. The largest absolute Gasteiger partial charge is 0.507 e. The van der Waals surface area contributed by atoms with Crippen LogP contribution in [0.15, 0.2) is 47.1 Å².